The molecule has 1 heteroatoms. The van der Waals surface area contributed by atoms with Crippen LogP contribution in [-0.2, 0) is 6.42 Å². The Kier molecular flexibility index (Phi) is 4.39. The number of halogens is 1. The topological polar surface area (TPSA) is 0 Å². The van der Waals surface area contributed by atoms with Crippen LogP contribution in [0.3, 0.4) is 0 Å². The van der Waals surface area contributed by atoms with E-state index in [9.17, 15) is 0 Å². The fourth-order valence-corrected chi connectivity index (χ4v) is 1.86. The normalized spacial score (nSPS) is 12.1. The van der Waals surface area contributed by atoms with Crippen LogP contribution < -0.4 is 0 Å². The summed E-state index contributed by atoms with van der Waals surface area (Å²) in [4.78, 5) is 0. The lowest BCUT2D eigenvalue weighted by Gasteiger charge is -2.22. The summed E-state index contributed by atoms with van der Waals surface area (Å²) in [6.45, 7) is 9.08. The molecule has 0 spiro atoms. The third-order valence-corrected chi connectivity index (χ3v) is 4.18. The van der Waals surface area contributed by atoms with Gasteiger partial charge in [-0.1, -0.05) is 67.9 Å². The molecule has 0 aromatic heterocycles. The zero-order chi connectivity index (χ0) is 11.5. The minimum Gasteiger partial charge on any atom is -0.0922 e. The summed E-state index contributed by atoms with van der Waals surface area (Å²) in [5.74, 6) is 0.622. The molecule has 0 bridgehead atoms. The van der Waals surface area contributed by atoms with Gasteiger partial charge in [-0.2, -0.15) is 0 Å². The maximum absolute atomic E-state index is 3.58. The lowest BCUT2D eigenvalue weighted by molar-refractivity contribution is 0.424. The second-order valence-corrected chi connectivity index (χ2v) is 5.94. The average molecular weight is 269 g/mol. The van der Waals surface area contributed by atoms with Crippen LogP contribution in [0.4, 0.5) is 0 Å². The summed E-state index contributed by atoms with van der Waals surface area (Å²) >= 11 is 3.58. The third-order valence-electron chi connectivity index (χ3n) is 2.66. The van der Waals surface area contributed by atoms with Crippen molar-refractivity contribution in [2.45, 2.75) is 40.0 Å². The lowest BCUT2D eigenvalue weighted by atomic mass is 9.87. The molecule has 0 amide bonds. The molecule has 0 radical (unpaired) electrons. The van der Waals surface area contributed by atoms with Gasteiger partial charge in [-0.3, -0.25) is 0 Å². The van der Waals surface area contributed by atoms with Gasteiger partial charge in [-0.15, -0.1) is 0 Å². The van der Waals surface area contributed by atoms with Crippen LogP contribution in [0.25, 0.3) is 0 Å². The van der Waals surface area contributed by atoms with Crippen molar-refractivity contribution in [1.82, 2.24) is 0 Å². The van der Waals surface area contributed by atoms with Crippen LogP contribution in [0.5, 0.6) is 0 Å². The van der Waals surface area contributed by atoms with Gasteiger partial charge in [-0.25, -0.2) is 0 Å². The molecule has 1 rings (SSSR count). The van der Waals surface area contributed by atoms with E-state index in [-0.39, 0.29) is 0 Å². The number of hydrogen-bond donors (Lipinski definition) is 0. The summed E-state index contributed by atoms with van der Waals surface area (Å²) in [6.07, 6.45) is 1.14. The molecule has 0 saturated carbocycles. The van der Waals surface area contributed by atoms with Gasteiger partial charge in [0.1, 0.15) is 0 Å². The Labute approximate surface area is 102 Å². The molecule has 1 aromatic rings. The van der Waals surface area contributed by atoms with Crippen molar-refractivity contribution >= 4 is 15.9 Å². The highest BCUT2D eigenvalue weighted by molar-refractivity contribution is 9.09. The zero-order valence-electron chi connectivity index (χ0n) is 10.2. The largest absolute Gasteiger partial charge is 0.0922 e. The van der Waals surface area contributed by atoms with Crippen molar-refractivity contribution in [2.24, 2.45) is 5.41 Å². The van der Waals surface area contributed by atoms with E-state index in [0.717, 1.165) is 11.8 Å². The molecule has 1 aromatic carbocycles. The van der Waals surface area contributed by atoms with Crippen LogP contribution in [-0.4, -0.2) is 5.33 Å². The van der Waals surface area contributed by atoms with E-state index in [1.807, 2.05) is 0 Å². The smallest absolute Gasteiger partial charge is 0.00858 e. The Morgan fingerprint density at radius 3 is 2.47 bits per heavy atom. The summed E-state index contributed by atoms with van der Waals surface area (Å²) in [7, 11) is 0. The molecule has 84 valence electrons. The Hall–Kier alpha value is -0.300. The third kappa shape index (κ3) is 3.98. The first kappa shape index (κ1) is 12.8. The van der Waals surface area contributed by atoms with Crippen LogP contribution in [0.2, 0.25) is 0 Å². The molecular weight excluding hydrogens is 248 g/mol. The fourth-order valence-electron chi connectivity index (χ4n) is 1.66. The van der Waals surface area contributed by atoms with Gasteiger partial charge in [0.05, 0.1) is 0 Å². The van der Waals surface area contributed by atoms with Crippen molar-refractivity contribution in [3.8, 4) is 0 Å². The Bertz CT molecular complexity index is 313. The predicted molar refractivity (Wildman–Crippen MR) is 71.8 cm³/mol. The molecule has 0 N–H and O–H groups in total. The van der Waals surface area contributed by atoms with Crippen LogP contribution >= 0.6 is 15.9 Å². The molecule has 0 aliphatic rings. The van der Waals surface area contributed by atoms with Crippen molar-refractivity contribution < 1.29 is 0 Å². The number of benzene rings is 1. The molecule has 0 nitrogen and oxygen atoms in total. The van der Waals surface area contributed by atoms with E-state index >= 15 is 0 Å². The fraction of sp³-hybridized carbons (Fsp3) is 0.571. The summed E-state index contributed by atoms with van der Waals surface area (Å²) < 4.78 is 0. The molecule has 15 heavy (non-hydrogen) atoms. The van der Waals surface area contributed by atoms with Crippen molar-refractivity contribution in [1.29, 1.82) is 0 Å². The second-order valence-electron chi connectivity index (χ2n) is 5.37. The maximum atomic E-state index is 3.58. The molecule has 0 aliphatic carbocycles. The first-order chi connectivity index (χ1) is 6.94. The van der Waals surface area contributed by atoms with Gasteiger partial charge < -0.3 is 0 Å². The van der Waals surface area contributed by atoms with Crippen molar-refractivity contribution in [3.05, 3.63) is 35.4 Å². The summed E-state index contributed by atoms with van der Waals surface area (Å²) in [5.41, 5.74) is 3.24. The van der Waals surface area contributed by atoms with E-state index < -0.39 is 0 Å². The first-order valence-electron chi connectivity index (χ1n) is 5.59. The second kappa shape index (κ2) is 5.16. The standard InChI is InChI=1S/C14H21Br/c1-11(2)13-7-5-6-12(8-13)9-14(3,4)10-15/h5-8,11H,9-10H2,1-4H3. The van der Waals surface area contributed by atoms with Gasteiger partial charge in [0.25, 0.3) is 0 Å². The quantitative estimate of drug-likeness (QED) is 0.690. The highest BCUT2D eigenvalue weighted by Gasteiger charge is 2.16. The molecular formula is C14H21Br. The van der Waals surface area contributed by atoms with Gasteiger partial charge in [0.2, 0.25) is 0 Å². The molecule has 0 heterocycles. The van der Waals surface area contributed by atoms with E-state index in [0.29, 0.717) is 11.3 Å². The van der Waals surface area contributed by atoms with Gasteiger partial charge in [0, 0.05) is 5.33 Å². The molecule has 0 unspecified atom stereocenters. The molecule has 0 aliphatic heterocycles. The summed E-state index contributed by atoms with van der Waals surface area (Å²) in [6, 6.07) is 8.97. The van der Waals surface area contributed by atoms with Crippen LogP contribution in [0.1, 0.15) is 44.7 Å². The zero-order valence-corrected chi connectivity index (χ0v) is 11.8. The van der Waals surface area contributed by atoms with Crippen molar-refractivity contribution in [2.75, 3.05) is 5.33 Å². The Morgan fingerprint density at radius 2 is 1.93 bits per heavy atom. The first-order valence-corrected chi connectivity index (χ1v) is 6.71. The van der Waals surface area contributed by atoms with E-state index in [4.69, 9.17) is 0 Å². The number of alkyl halides is 1. The lowest BCUT2D eigenvalue weighted by Crippen LogP contribution is -2.16. The number of hydrogen-bond acceptors (Lipinski definition) is 0. The van der Waals surface area contributed by atoms with Crippen LogP contribution in [0, 0.1) is 5.41 Å². The number of rotatable bonds is 4. The van der Waals surface area contributed by atoms with Gasteiger partial charge >= 0.3 is 0 Å². The summed E-state index contributed by atoms with van der Waals surface area (Å²) in [5, 5.41) is 1.05. The van der Waals surface area contributed by atoms with Crippen molar-refractivity contribution in [3.63, 3.8) is 0 Å². The predicted octanol–water partition coefficient (Wildman–Crippen LogP) is 4.77. The Morgan fingerprint density at radius 1 is 1.27 bits per heavy atom. The molecule has 0 fully saturated rings. The highest BCUT2D eigenvalue weighted by atomic mass is 79.9. The van der Waals surface area contributed by atoms with Crippen LogP contribution in [0.15, 0.2) is 24.3 Å². The maximum Gasteiger partial charge on any atom is 0.00858 e. The Balaban J connectivity index is 2.82. The highest BCUT2D eigenvalue weighted by Crippen LogP contribution is 2.25. The molecule has 0 saturated heterocycles. The SMILES string of the molecule is CC(C)c1cccc(CC(C)(C)CBr)c1. The minimum absolute atomic E-state index is 0.343. The average Bonchev–Trinajstić information content (AvgIpc) is 2.17. The van der Waals surface area contributed by atoms with Gasteiger partial charge in [0.15, 0.2) is 0 Å². The van der Waals surface area contributed by atoms with Gasteiger partial charge in [-0.05, 0) is 28.9 Å². The van der Waals surface area contributed by atoms with E-state index in [1.54, 1.807) is 0 Å². The molecule has 0 atom stereocenters. The van der Waals surface area contributed by atoms with E-state index in [2.05, 4.69) is 67.9 Å². The minimum atomic E-state index is 0.343. The monoisotopic (exact) mass is 268 g/mol. The van der Waals surface area contributed by atoms with E-state index in [1.165, 1.54) is 11.1 Å².